The van der Waals surface area contributed by atoms with Crippen molar-refractivity contribution < 1.29 is 14.0 Å². The maximum atomic E-state index is 12.9. The van der Waals surface area contributed by atoms with Gasteiger partial charge in [-0.3, -0.25) is 14.5 Å². The number of likely N-dealkylation sites (N-methyl/N-ethyl adjacent to an activating group) is 1. The van der Waals surface area contributed by atoms with Gasteiger partial charge in [0, 0.05) is 39.3 Å². The van der Waals surface area contributed by atoms with Gasteiger partial charge >= 0.3 is 11.8 Å². The largest absolute Gasteiger partial charge is 0.346 e. The van der Waals surface area contributed by atoms with Crippen molar-refractivity contribution in [1.29, 1.82) is 0 Å². The molecule has 28 heavy (non-hydrogen) atoms. The smallest absolute Gasteiger partial charge is 0.309 e. The van der Waals surface area contributed by atoms with Crippen LogP contribution in [0, 0.1) is 5.82 Å². The van der Waals surface area contributed by atoms with Crippen molar-refractivity contribution in [3.8, 4) is 0 Å². The fraction of sp³-hybridized carbons (Fsp3) is 0.400. The summed E-state index contributed by atoms with van der Waals surface area (Å²) in [6, 6.07) is 7.91. The van der Waals surface area contributed by atoms with Gasteiger partial charge in [0.25, 0.3) is 0 Å². The Kier molecular flexibility index (Phi) is 7.13. The van der Waals surface area contributed by atoms with Crippen molar-refractivity contribution in [3.05, 3.63) is 58.0 Å². The molecular formula is C20H25FN4O2S. The minimum Gasteiger partial charge on any atom is -0.346 e. The van der Waals surface area contributed by atoms with Crippen molar-refractivity contribution in [1.82, 2.24) is 20.4 Å². The number of benzene rings is 1. The number of hydrogen-bond donors (Lipinski definition) is 2. The van der Waals surface area contributed by atoms with Crippen LogP contribution in [0.2, 0.25) is 0 Å². The number of thiophene rings is 1. The zero-order valence-corrected chi connectivity index (χ0v) is 16.7. The Labute approximate surface area is 168 Å². The summed E-state index contributed by atoms with van der Waals surface area (Å²) in [4.78, 5) is 28.9. The molecule has 1 aromatic carbocycles. The van der Waals surface area contributed by atoms with E-state index >= 15 is 0 Å². The van der Waals surface area contributed by atoms with Gasteiger partial charge in [0.15, 0.2) is 0 Å². The molecule has 2 aromatic rings. The lowest BCUT2D eigenvalue weighted by molar-refractivity contribution is -0.139. The van der Waals surface area contributed by atoms with Gasteiger partial charge in [-0.2, -0.15) is 11.3 Å². The fourth-order valence-electron chi connectivity index (χ4n) is 3.19. The number of carbonyl (C=O) groups is 2. The van der Waals surface area contributed by atoms with Gasteiger partial charge in [-0.25, -0.2) is 4.39 Å². The monoisotopic (exact) mass is 404 g/mol. The lowest BCUT2D eigenvalue weighted by Crippen LogP contribution is -2.49. The first kappa shape index (κ1) is 20.4. The van der Waals surface area contributed by atoms with E-state index in [-0.39, 0.29) is 18.4 Å². The van der Waals surface area contributed by atoms with E-state index in [1.54, 1.807) is 23.5 Å². The molecule has 1 aliphatic rings. The van der Waals surface area contributed by atoms with Gasteiger partial charge in [-0.15, -0.1) is 0 Å². The number of amides is 2. The van der Waals surface area contributed by atoms with Gasteiger partial charge in [0.1, 0.15) is 5.82 Å². The second-order valence-corrected chi connectivity index (χ2v) is 7.71. The minimum atomic E-state index is -0.688. The maximum absolute atomic E-state index is 12.9. The van der Waals surface area contributed by atoms with Gasteiger partial charge < -0.3 is 15.5 Å². The lowest BCUT2D eigenvalue weighted by Gasteiger charge is -2.37. The summed E-state index contributed by atoms with van der Waals surface area (Å²) in [7, 11) is 2.10. The fourth-order valence-corrected chi connectivity index (χ4v) is 3.90. The van der Waals surface area contributed by atoms with Crippen LogP contribution in [0.5, 0.6) is 0 Å². The number of rotatable bonds is 6. The van der Waals surface area contributed by atoms with Gasteiger partial charge in [-0.1, -0.05) is 12.1 Å². The second kappa shape index (κ2) is 9.77. The summed E-state index contributed by atoms with van der Waals surface area (Å²) in [6.07, 6.45) is 0. The SMILES string of the molecule is CN1CCN([C@H](CNC(=O)C(=O)NCc2ccc(F)cc2)c2ccsc2)CC1. The van der Waals surface area contributed by atoms with E-state index in [1.165, 1.54) is 12.1 Å². The van der Waals surface area contributed by atoms with E-state index in [1.807, 2.05) is 5.38 Å². The molecular weight excluding hydrogens is 379 g/mol. The predicted molar refractivity (Wildman–Crippen MR) is 107 cm³/mol. The normalized spacial score (nSPS) is 16.5. The van der Waals surface area contributed by atoms with E-state index < -0.39 is 11.8 Å². The standard InChI is InChI=1S/C20H25FN4O2S/c1-24-7-9-25(10-8-24)18(16-6-11-28-14-16)13-23-20(27)19(26)22-12-15-2-4-17(21)5-3-15/h2-6,11,14,18H,7-10,12-13H2,1H3,(H,22,26)(H,23,27)/t18-/m1/s1. The van der Waals surface area contributed by atoms with Crippen LogP contribution in [0.4, 0.5) is 4.39 Å². The molecule has 2 N–H and O–H groups in total. The molecule has 8 heteroatoms. The molecule has 0 radical (unpaired) electrons. The van der Waals surface area contributed by atoms with Crippen molar-refractivity contribution in [2.24, 2.45) is 0 Å². The second-order valence-electron chi connectivity index (χ2n) is 6.93. The van der Waals surface area contributed by atoms with Crippen molar-refractivity contribution in [2.75, 3.05) is 39.8 Å². The molecule has 0 aliphatic carbocycles. The van der Waals surface area contributed by atoms with E-state index in [4.69, 9.17) is 0 Å². The summed E-state index contributed by atoms with van der Waals surface area (Å²) >= 11 is 1.62. The quantitative estimate of drug-likeness (QED) is 0.718. The van der Waals surface area contributed by atoms with Crippen molar-refractivity contribution >= 4 is 23.2 Å². The third kappa shape index (κ3) is 5.60. The van der Waals surface area contributed by atoms with Crippen LogP contribution in [0.15, 0.2) is 41.1 Å². The average molecular weight is 405 g/mol. The number of nitrogens with one attached hydrogen (secondary N) is 2. The molecule has 0 bridgehead atoms. The Morgan fingerprint density at radius 2 is 1.75 bits per heavy atom. The topological polar surface area (TPSA) is 64.7 Å². The van der Waals surface area contributed by atoms with E-state index in [9.17, 15) is 14.0 Å². The van der Waals surface area contributed by atoms with E-state index in [0.717, 1.165) is 37.3 Å². The molecule has 150 valence electrons. The maximum Gasteiger partial charge on any atom is 0.309 e. The van der Waals surface area contributed by atoms with Crippen LogP contribution in [0.1, 0.15) is 17.2 Å². The number of nitrogens with zero attached hydrogens (tertiary/aromatic N) is 2. The Hall–Kier alpha value is -2.29. The third-order valence-corrected chi connectivity index (χ3v) is 5.64. The zero-order chi connectivity index (χ0) is 19.9. The lowest BCUT2D eigenvalue weighted by atomic mass is 10.1. The molecule has 1 aromatic heterocycles. The Morgan fingerprint density at radius 3 is 2.39 bits per heavy atom. The van der Waals surface area contributed by atoms with Crippen molar-refractivity contribution in [3.63, 3.8) is 0 Å². The summed E-state index contributed by atoms with van der Waals surface area (Å²) in [6.45, 7) is 4.36. The number of hydrogen-bond acceptors (Lipinski definition) is 5. The molecule has 3 rings (SSSR count). The molecule has 1 atom stereocenters. The molecule has 0 unspecified atom stereocenters. The van der Waals surface area contributed by atoms with Gasteiger partial charge in [0.2, 0.25) is 0 Å². The molecule has 1 saturated heterocycles. The summed E-state index contributed by atoms with van der Waals surface area (Å²) in [5.41, 5.74) is 1.89. The van der Waals surface area contributed by atoms with Crippen LogP contribution in [0.3, 0.4) is 0 Å². The van der Waals surface area contributed by atoms with Crippen LogP contribution >= 0.6 is 11.3 Å². The van der Waals surface area contributed by atoms with Gasteiger partial charge in [0.05, 0.1) is 6.04 Å². The summed E-state index contributed by atoms with van der Waals surface area (Å²) < 4.78 is 12.9. The van der Waals surface area contributed by atoms with E-state index in [0.29, 0.717) is 6.54 Å². The Bertz CT molecular complexity index is 774. The first-order chi connectivity index (χ1) is 13.5. The summed E-state index contributed by atoms with van der Waals surface area (Å²) in [5, 5.41) is 9.44. The van der Waals surface area contributed by atoms with Crippen LogP contribution < -0.4 is 10.6 Å². The Morgan fingerprint density at radius 1 is 1.07 bits per heavy atom. The molecule has 6 nitrogen and oxygen atoms in total. The molecule has 2 amide bonds. The van der Waals surface area contributed by atoms with E-state index in [2.05, 4.69) is 38.9 Å². The van der Waals surface area contributed by atoms with Crippen LogP contribution in [-0.2, 0) is 16.1 Å². The first-order valence-electron chi connectivity index (χ1n) is 9.28. The molecule has 1 fully saturated rings. The summed E-state index contributed by atoms with van der Waals surface area (Å²) in [5.74, 6) is -1.68. The first-order valence-corrected chi connectivity index (χ1v) is 10.2. The third-order valence-electron chi connectivity index (χ3n) is 4.94. The highest BCUT2D eigenvalue weighted by atomic mass is 32.1. The van der Waals surface area contributed by atoms with Crippen LogP contribution in [-0.4, -0.2) is 61.4 Å². The minimum absolute atomic E-state index is 0.0498. The number of piperazine rings is 1. The van der Waals surface area contributed by atoms with Crippen LogP contribution in [0.25, 0.3) is 0 Å². The molecule has 2 heterocycles. The molecule has 0 saturated carbocycles. The zero-order valence-electron chi connectivity index (χ0n) is 15.9. The number of halogens is 1. The average Bonchev–Trinajstić information content (AvgIpc) is 3.23. The highest BCUT2D eigenvalue weighted by Gasteiger charge is 2.25. The molecule has 0 spiro atoms. The highest BCUT2D eigenvalue weighted by Crippen LogP contribution is 2.23. The molecule has 1 aliphatic heterocycles. The highest BCUT2D eigenvalue weighted by molar-refractivity contribution is 7.08. The van der Waals surface area contributed by atoms with Crippen molar-refractivity contribution in [2.45, 2.75) is 12.6 Å². The van der Waals surface area contributed by atoms with Gasteiger partial charge in [-0.05, 0) is 47.1 Å². The number of carbonyl (C=O) groups excluding carboxylic acids is 2. The Balaban J connectivity index is 1.52. The predicted octanol–water partition coefficient (Wildman–Crippen LogP) is 1.61.